The molecule has 0 aromatic rings. The van der Waals surface area contributed by atoms with Gasteiger partial charge in [0.15, 0.2) is 0 Å². The second-order valence-electron chi connectivity index (χ2n) is 3.16. The monoisotopic (exact) mass is 194 g/mol. The molecule has 3 heteroatoms. The highest BCUT2D eigenvalue weighted by Crippen LogP contribution is 2.50. The summed E-state index contributed by atoms with van der Waals surface area (Å²) in [4.78, 5) is 0. The van der Waals surface area contributed by atoms with Crippen LogP contribution in [0.4, 0.5) is 0 Å². The summed E-state index contributed by atoms with van der Waals surface area (Å²) in [5.74, 6) is 0. The van der Waals surface area contributed by atoms with E-state index in [1.165, 1.54) is 0 Å². The van der Waals surface area contributed by atoms with Gasteiger partial charge in [-0.15, -0.1) is 11.4 Å². The van der Waals surface area contributed by atoms with Crippen molar-refractivity contribution in [2.24, 2.45) is 0 Å². The number of hydrogen-bond donors (Lipinski definition) is 0. The van der Waals surface area contributed by atoms with Crippen LogP contribution in [0.1, 0.15) is 29.1 Å². The predicted octanol–water partition coefficient (Wildman–Crippen LogP) is 3.41. The van der Waals surface area contributed by atoms with Gasteiger partial charge < -0.3 is 0 Å². The zero-order chi connectivity index (χ0) is 9.72. The van der Waals surface area contributed by atoms with Crippen LogP contribution in [-0.4, -0.2) is 29.7 Å². The molecule has 0 saturated carbocycles. The van der Waals surface area contributed by atoms with Gasteiger partial charge in [-0.25, -0.2) is 0 Å². The van der Waals surface area contributed by atoms with Gasteiger partial charge >= 0.3 is 0 Å². The molecule has 0 aliphatic heterocycles. The summed E-state index contributed by atoms with van der Waals surface area (Å²) in [5.41, 5.74) is 0. The van der Waals surface area contributed by atoms with Crippen LogP contribution in [0.25, 0.3) is 0 Å². The maximum atomic E-state index is 7.16. The van der Waals surface area contributed by atoms with Gasteiger partial charge in [-0.2, -0.15) is 0 Å². The first-order valence-corrected chi connectivity index (χ1v) is 7.28. The molecule has 0 rings (SSSR count). The third kappa shape index (κ3) is 3.78. The van der Waals surface area contributed by atoms with E-state index in [2.05, 4.69) is 39.0 Å². The van der Waals surface area contributed by atoms with Crippen molar-refractivity contribution >= 4 is 18.7 Å². The van der Waals surface area contributed by atoms with Gasteiger partial charge in [-0.3, -0.25) is 4.67 Å². The molecule has 0 radical (unpaired) electrons. The largest absolute Gasteiger partial charge is 0.269 e. The lowest BCUT2D eigenvalue weighted by atomic mass is 10.3. The molecular weight excluding hydrogens is 173 g/mol. The van der Waals surface area contributed by atoms with Crippen LogP contribution in [0, 0.1) is 0 Å². The topological polar surface area (TPSA) is 3.24 Å². The minimum absolute atomic E-state index is 0.160. The van der Waals surface area contributed by atoms with Crippen LogP contribution < -0.4 is 0 Å². The van der Waals surface area contributed by atoms with Crippen LogP contribution >= 0.6 is 18.7 Å². The van der Waals surface area contributed by atoms with Gasteiger partial charge in [0, 0.05) is 20.7 Å². The maximum Gasteiger partial charge on any atom is 0.0348 e. The van der Waals surface area contributed by atoms with E-state index in [-0.39, 0.29) is 7.27 Å². The van der Waals surface area contributed by atoms with E-state index in [1.807, 2.05) is 0 Å². The van der Waals surface area contributed by atoms with Gasteiger partial charge in [-0.1, -0.05) is 0 Å². The summed E-state index contributed by atoms with van der Waals surface area (Å²) in [6.45, 7) is 11.1. The standard InChI is InChI=1S/C8H20NPS/c1-7(2)9(8(3)4)10(5)11-6/h7-8H,1-6H3/i6D. The van der Waals surface area contributed by atoms with Crippen LogP contribution in [-0.2, 0) is 0 Å². The van der Waals surface area contributed by atoms with Crippen molar-refractivity contribution < 1.29 is 1.37 Å². The first-order valence-electron chi connectivity index (χ1n) is 4.65. The molecule has 0 heterocycles. The minimum Gasteiger partial charge on any atom is -0.269 e. The second-order valence-corrected chi connectivity index (χ2v) is 7.17. The fourth-order valence-corrected chi connectivity index (χ4v) is 4.28. The molecule has 68 valence electrons. The Balaban J connectivity index is 4.09. The smallest absolute Gasteiger partial charge is 0.0348 e. The number of hydrogen-bond acceptors (Lipinski definition) is 2. The SMILES string of the molecule is [2H]CSP(C)N(C(C)C)C(C)C. The Kier molecular flexibility index (Phi) is 4.82. The molecule has 11 heavy (non-hydrogen) atoms. The third-order valence-electron chi connectivity index (χ3n) is 1.57. The Labute approximate surface area is 77.9 Å². The highest BCUT2D eigenvalue weighted by Gasteiger charge is 2.18. The van der Waals surface area contributed by atoms with Gasteiger partial charge in [-0.05, 0) is 40.6 Å². The molecule has 1 unspecified atom stereocenters. The van der Waals surface area contributed by atoms with Crippen molar-refractivity contribution in [2.45, 2.75) is 39.8 Å². The average Bonchev–Trinajstić information content (AvgIpc) is 1.85. The number of rotatable bonds is 4. The van der Waals surface area contributed by atoms with Gasteiger partial charge in [0.05, 0.1) is 0 Å². The molecule has 0 aliphatic carbocycles. The first kappa shape index (κ1) is 9.83. The third-order valence-corrected chi connectivity index (χ3v) is 5.20. The maximum absolute atomic E-state index is 7.16. The molecule has 0 aliphatic rings. The zero-order valence-electron chi connectivity index (χ0n) is 9.16. The van der Waals surface area contributed by atoms with E-state index < -0.39 is 0 Å². The molecule has 0 fully saturated rings. The Hall–Kier alpha value is 0.740. The van der Waals surface area contributed by atoms with E-state index in [4.69, 9.17) is 1.37 Å². The van der Waals surface area contributed by atoms with E-state index in [0.717, 1.165) is 0 Å². The molecule has 0 aromatic heterocycles. The van der Waals surface area contributed by atoms with Gasteiger partial charge in [0.1, 0.15) is 0 Å². The van der Waals surface area contributed by atoms with Crippen LogP contribution in [0.3, 0.4) is 0 Å². The summed E-state index contributed by atoms with van der Waals surface area (Å²) in [7, 11) is -0.160. The minimum atomic E-state index is -0.160. The molecule has 0 saturated heterocycles. The number of nitrogens with zero attached hydrogens (tertiary/aromatic N) is 1. The first-order chi connectivity index (χ1) is 5.50. The summed E-state index contributed by atoms with van der Waals surface area (Å²) < 4.78 is 9.66. The van der Waals surface area contributed by atoms with Crippen molar-refractivity contribution in [1.82, 2.24) is 4.67 Å². The lowest BCUT2D eigenvalue weighted by Gasteiger charge is -2.34. The van der Waals surface area contributed by atoms with Crippen molar-refractivity contribution in [3.05, 3.63) is 0 Å². The molecule has 0 bridgehead atoms. The van der Waals surface area contributed by atoms with Gasteiger partial charge in [0.2, 0.25) is 0 Å². The molecule has 0 spiro atoms. The quantitative estimate of drug-likeness (QED) is 0.631. The molecule has 0 amide bonds. The second kappa shape index (κ2) is 5.40. The van der Waals surface area contributed by atoms with Crippen molar-refractivity contribution in [1.29, 1.82) is 0 Å². The molecular formula is C8H20NPS. The zero-order valence-corrected chi connectivity index (χ0v) is 9.88. The van der Waals surface area contributed by atoms with Crippen molar-refractivity contribution in [2.75, 3.05) is 12.9 Å². The predicted molar refractivity (Wildman–Crippen MR) is 58.5 cm³/mol. The van der Waals surface area contributed by atoms with E-state index >= 15 is 0 Å². The van der Waals surface area contributed by atoms with E-state index in [1.54, 1.807) is 11.4 Å². The Bertz CT molecular complexity index is 114. The Morgan fingerprint density at radius 2 is 1.73 bits per heavy atom. The molecule has 1 atom stereocenters. The van der Waals surface area contributed by atoms with Crippen molar-refractivity contribution in [3.8, 4) is 0 Å². The summed E-state index contributed by atoms with van der Waals surface area (Å²) >= 11 is 1.75. The summed E-state index contributed by atoms with van der Waals surface area (Å²) in [5, 5.41) is 0. The highest BCUT2D eigenvalue weighted by atomic mass is 32.7. The fourth-order valence-electron chi connectivity index (χ4n) is 1.31. The van der Waals surface area contributed by atoms with Crippen LogP contribution in [0.2, 0.25) is 0 Å². The normalized spacial score (nSPS) is 16.2. The van der Waals surface area contributed by atoms with E-state index in [9.17, 15) is 0 Å². The van der Waals surface area contributed by atoms with Crippen molar-refractivity contribution in [3.63, 3.8) is 0 Å². The molecule has 0 N–H and O–H groups in total. The highest BCUT2D eigenvalue weighted by molar-refractivity contribution is 8.54. The Morgan fingerprint density at radius 3 is 2.00 bits per heavy atom. The van der Waals surface area contributed by atoms with Crippen LogP contribution in [0.15, 0.2) is 0 Å². The summed E-state index contributed by atoms with van der Waals surface area (Å²) in [6, 6.07) is 1.19. The molecule has 1 nitrogen and oxygen atoms in total. The fraction of sp³-hybridized carbons (Fsp3) is 1.00. The Morgan fingerprint density at radius 1 is 1.27 bits per heavy atom. The lowest BCUT2D eigenvalue weighted by molar-refractivity contribution is 0.328. The average molecular weight is 194 g/mol. The lowest BCUT2D eigenvalue weighted by Crippen LogP contribution is -2.31. The van der Waals surface area contributed by atoms with Crippen LogP contribution in [0.5, 0.6) is 0 Å². The van der Waals surface area contributed by atoms with E-state index in [0.29, 0.717) is 18.3 Å². The summed E-state index contributed by atoms with van der Waals surface area (Å²) in [6.07, 6.45) is 0.484. The van der Waals surface area contributed by atoms with Gasteiger partial charge in [0.25, 0.3) is 0 Å². The molecule has 0 aromatic carbocycles.